The van der Waals surface area contributed by atoms with Crippen LogP contribution in [0.1, 0.15) is 395 Å². The molecule has 2 unspecified atom stereocenters. The zero-order valence-corrected chi connectivity index (χ0v) is 66.1. The molecule has 0 aromatic carbocycles. The normalized spacial score (nSPS) is 14.1. The molecule has 0 aliphatic heterocycles. The molecule has 0 amide bonds. The summed E-state index contributed by atoms with van der Waals surface area (Å²) in [6, 6.07) is 0. The molecule has 0 aliphatic rings. The van der Waals surface area contributed by atoms with Crippen molar-refractivity contribution >= 4 is 39.5 Å². The first kappa shape index (κ1) is 96.5. The van der Waals surface area contributed by atoms with E-state index in [1.54, 1.807) is 0 Å². The van der Waals surface area contributed by atoms with Gasteiger partial charge < -0.3 is 33.8 Å². The summed E-state index contributed by atoms with van der Waals surface area (Å²) in [6.45, 7) is 9.50. The molecule has 0 saturated carbocycles. The Morgan fingerprint density at radius 3 is 0.828 bits per heavy atom. The molecule has 0 saturated heterocycles. The summed E-state index contributed by atoms with van der Waals surface area (Å²) in [5, 5.41) is 10.6. The van der Waals surface area contributed by atoms with Crippen LogP contribution in [0, 0.1) is 11.8 Å². The van der Waals surface area contributed by atoms with Crippen LogP contribution < -0.4 is 0 Å². The molecule has 0 aromatic rings. The van der Waals surface area contributed by atoms with Gasteiger partial charge in [0.25, 0.3) is 0 Å². The number of aliphatic hydroxyl groups excluding tert-OH is 1. The summed E-state index contributed by atoms with van der Waals surface area (Å²) in [7, 11) is -9.93. The second-order valence-electron chi connectivity index (χ2n) is 29.1. The Morgan fingerprint density at radius 2 is 0.545 bits per heavy atom. The maximum absolute atomic E-state index is 13.1. The topological polar surface area (TPSA) is 237 Å². The molecular weight excluding hydrogens is 1290 g/mol. The average Bonchev–Trinajstić information content (AvgIpc) is 1.11. The maximum Gasteiger partial charge on any atom is 0.472 e. The molecule has 0 heterocycles. The van der Waals surface area contributed by atoms with Crippen molar-refractivity contribution in [3.63, 3.8) is 0 Å². The van der Waals surface area contributed by atoms with Crippen LogP contribution in [0.25, 0.3) is 0 Å². The Balaban J connectivity index is 5.26. The van der Waals surface area contributed by atoms with Crippen molar-refractivity contribution in [2.24, 2.45) is 11.8 Å². The van der Waals surface area contributed by atoms with E-state index in [2.05, 4.69) is 65.8 Å². The van der Waals surface area contributed by atoms with E-state index in [1.807, 2.05) is 0 Å². The lowest BCUT2D eigenvalue weighted by Crippen LogP contribution is -2.30. The van der Waals surface area contributed by atoms with E-state index in [-0.39, 0.29) is 25.7 Å². The molecule has 0 fully saturated rings. The summed E-state index contributed by atoms with van der Waals surface area (Å²) in [5.41, 5.74) is 0. The molecule has 584 valence electrons. The molecule has 17 nitrogen and oxygen atoms in total. The van der Waals surface area contributed by atoms with Gasteiger partial charge in [-0.15, -0.1) is 0 Å². The summed E-state index contributed by atoms with van der Waals surface area (Å²) >= 11 is 0. The zero-order chi connectivity index (χ0) is 72.8. The second-order valence-corrected chi connectivity index (χ2v) is 32.0. The minimum absolute atomic E-state index is 0.0841. The van der Waals surface area contributed by atoms with Crippen molar-refractivity contribution < 1.29 is 80.2 Å². The first-order valence-electron chi connectivity index (χ1n) is 40.8. The number of unbranched alkanes of at least 4 members (excludes halogenated alkanes) is 44. The Kier molecular flexibility index (Phi) is 69.4. The molecule has 5 atom stereocenters. The molecule has 3 N–H and O–H groups in total. The van der Waals surface area contributed by atoms with E-state index in [1.165, 1.54) is 193 Å². The van der Waals surface area contributed by atoms with Gasteiger partial charge in [0, 0.05) is 25.7 Å². The number of hydrogen-bond donors (Lipinski definition) is 3. The zero-order valence-electron chi connectivity index (χ0n) is 64.3. The number of allylic oxidation sites excluding steroid dienone is 4. The predicted molar refractivity (Wildman–Crippen MR) is 404 cm³/mol. The summed E-state index contributed by atoms with van der Waals surface area (Å²) in [6.07, 6.45) is 63.4. The van der Waals surface area contributed by atoms with E-state index in [0.717, 1.165) is 115 Å². The van der Waals surface area contributed by atoms with Gasteiger partial charge in [0.2, 0.25) is 0 Å². The van der Waals surface area contributed by atoms with Crippen molar-refractivity contribution in [1.29, 1.82) is 0 Å². The quantitative estimate of drug-likeness (QED) is 0.0169. The van der Waals surface area contributed by atoms with Gasteiger partial charge in [-0.25, -0.2) is 9.13 Å². The number of phosphoric ester groups is 2. The number of ether oxygens (including phenoxy) is 4. The van der Waals surface area contributed by atoms with Crippen LogP contribution >= 0.6 is 15.6 Å². The number of phosphoric acid groups is 2. The minimum atomic E-state index is -4.97. The largest absolute Gasteiger partial charge is 0.472 e. The average molecular weight is 1450 g/mol. The smallest absolute Gasteiger partial charge is 0.462 e. The molecule has 99 heavy (non-hydrogen) atoms. The number of aliphatic hydroxyl groups is 1. The van der Waals surface area contributed by atoms with Gasteiger partial charge in [-0.1, -0.05) is 342 Å². The van der Waals surface area contributed by atoms with Crippen LogP contribution in [0.3, 0.4) is 0 Å². The van der Waals surface area contributed by atoms with Gasteiger partial charge in [-0.3, -0.25) is 37.3 Å². The number of esters is 4. The van der Waals surface area contributed by atoms with E-state index >= 15 is 0 Å². The molecule has 0 radical (unpaired) electrons. The van der Waals surface area contributed by atoms with E-state index < -0.39 is 97.5 Å². The third-order valence-corrected chi connectivity index (χ3v) is 20.0. The van der Waals surface area contributed by atoms with Crippen molar-refractivity contribution in [2.45, 2.75) is 413 Å². The summed E-state index contributed by atoms with van der Waals surface area (Å²) in [4.78, 5) is 72.9. The van der Waals surface area contributed by atoms with Crippen molar-refractivity contribution in [1.82, 2.24) is 0 Å². The molecular formula is C80H152O17P2. The highest BCUT2D eigenvalue weighted by atomic mass is 31.2. The summed E-state index contributed by atoms with van der Waals surface area (Å²) in [5.74, 6) is -0.665. The predicted octanol–water partition coefficient (Wildman–Crippen LogP) is 23.4. The van der Waals surface area contributed by atoms with Crippen LogP contribution in [0.2, 0.25) is 0 Å². The van der Waals surface area contributed by atoms with Crippen molar-refractivity contribution in [3.05, 3.63) is 24.3 Å². The number of carbonyl (C=O) groups excluding carboxylic acids is 4. The molecule has 0 rings (SSSR count). The van der Waals surface area contributed by atoms with E-state index in [4.69, 9.17) is 37.0 Å². The Bertz CT molecular complexity index is 2000. The van der Waals surface area contributed by atoms with Gasteiger partial charge in [0.1, 0.15) is 19.3 Å². The van der Waals surface area contributed by atoms with Crippen LogP contribution in [0.15, 0.2) is 24.3 Å². The van der Waals surface area contributed by atoms with Crippen LogP contribution in [0.5, 0.6) is 0 Å². The fraction of sp³-hybridized carbons (Fsp3) is 0.900. The summed E-state index contributed by atoms with van der Waals surface area (Å²) < 4.78 is 68.6. The monoisotopic (exact) mass is 1450 g/mol. The lowest BCUT2D eigenvalue weighted by Gasteiger charge is -2.21. The van der Waals surface area contributed by atoms with Gasteiger partial charge in [0.05, 0.1) is 26.4 Å². The standard InChI is InChI=1S/C80H152O17P2/c1-7-9-11-13-15-17-19-21-23-24-28-31-35-39-43-50-56-62-77(82)90-68-75(96-79(84)64-59-53-45-41-37-33-29-25-27-30-34-38-42-48-54-60-72(3)4)70-94-98(86,87)92-66-74(81)67-93-99(88,89)95-71-76(69-91-78(83)63-57-51-47-46-49-55-61-73(5)6)97-80(85)65-58-52-44-40-36-32-26-22-20-18-16-14-12-10-8-2/h18,20,22,26,72-76,81H,7-17,19,21,23-25,27-71H2,1-6H3,(H,86,87)(H,88,89)/b20-18-,26-22-/t74-,75-,76-/m1/s1. The first-order valence-corrected chi connectivity index (χ1v) is 43.8. The lowest BCUT2D eigenvalue weighted by atomic mass is 10.0. The van der Waals surface area contributed by atoms with Crippen LogP contribution in [-0.4, -0.2) is 96.7 Å². The third kappa shape index (κ3) is 73.6. The van der Waals surface area contributed by atoms with Gasteiger partial charge >= 0.3 is 39.5 Å². The Morgan fingerprint density at radius 1 is 0.313 bits per heavy atom. The van der Waals surface area contributed by atoms with E-state index in [0.29, 0.717) is 31.6 Å². The lowest BCUT2D eigenvalue weighted by molar-refractivity contribution is -0.161. The van der Waals surface area contributed by atoms with Crippen LogP contribution in [-0.2, 0) is 65.4 Å². The third-order valence-electron chi connectivity index (χ3n) is 18.1. The highest BCUT2D eigenvalue weighted by Gasteiger charge is 2.30. The first-order chi connectivity index (χ1) is 47.9. The van der Waals surface area contributed by atoms with Crippen molar-refractivity contribution in [2.75, 3.05) is 39.6 Å². The van der Waals surface area contributed by atoms with Gasteiger partial charge in [-0.05, 0) is 63.2 Å². The highest BCUT2D eigenvalue weighted by molar-refractivity contribution is 7.47. The van der Waals surface area contributed by atoms with Gasteiger partial charge in [-0.2, -0.15) is 0 Å². The second kappa shape index (κ2) is 71.2. The van der Waals surface area contributed by atoms with E-state index in [9.17, 15) is 43.2 Å². The van der Waals surface area contributed by atoms with Crippen molar-refractivity contribution in [3.8, 4) is 0 Å². The fourth-order valence-corrected chi connectivity index (χ4v) is 13.4. The van der Waals surface area contributed by atoms with Gasteiger partial charge in [0.15, 0.2) is 12.2 Å². The maximum atomic E-state index is 13.1. The molecule has 0 spiro atoms. The SMILES string of the molecule is CCCCCC/C=C\C=C/CCCCCCCC(=O)O[C@H](COC(=O)CCCCCCCCC(C)C)COP(=O)(O)OC[C@H](O)COP(=O)(O)OC[C@@H](COC(=O)CCCCCCCCCCCCCCCCCCC)OC(=O)CCCCCCCCCCCCCCCCCC(C)C. The molecule has 0 aromatic heterocycles. The molecule has 19 heteroatoms. The molecule has 0 aliphatic carbocycles. The Labute approximate surface area is 605 Å². The Hall–Kier alpha value is -2.46. The number of hydrogen-bond acceptors (Lipinski definition) is 15. The number of rotatable bonds is 77. The minimum Gasteiger partial charge on any atom is -0.462 e. The molecule has 0 bridgehead atoms. The van der Waals surface area contributed by atoms with Crippen LogP contribution in [0.4, 0.5) is 0 Å². The number of carbonyl (C=O) groups is 4. The highest BCUT2D eigenvalue weighted by Crippen LogP contribution is 2.45. The fourth-order valence-electron chi connectivity index (χ4n) is 11.8.